The Hall–Kier alpha value is -3.61. The summed E-state index contributed by atoms with van der Waals surface area (Å²) < 4.78 is 24.3. The number of ether oxygens (including phenoxy) is 1. The molecular weight excluding hydrogens is 423 g/mol. The number of nitrogens with zero attached hydrogens (tertiary/aromatic N) is 2. The van der Waals surface area contributed by atoms with Gasteiger partial charge in [0, 0.05) is 43.3 Å². The van der Waals surface area contributed by atoms with Crippen molar-refractivity contribution in [3.05, 3.63) is 82.0 Å². The van der Waals surface area contributed by atoms with Crippen LogP contribution in [0.5, 0.6) is 5.75 Å². The normalized spacial score (nSPS) is 13.9. The Labute approximate surface area is 191 Å². The number of benzene rings is 2. The van der Waals surface area contributed by atoms with Gasteiger partial charge in [0.1, 0.15) is 23.8 Å². The summed E-state index contributed by atoms with van der Waals surface area (Å²) in [6.07, 6.45) is -0.00539. The van der Waals surface area contributed by atoms with Crippen molar-refractivity contribution in [3.8, 4) is 5.75 Å². The van der Waals surface area contributed by atoms with Crippen molar-refractivity contribution in [1.29, 1.82) is 0 Å². The van der Waals surface area contributed by atoms with E-state index in [4.69, 9.17) is 9.15 Å². The SMILES string of the molecule is C=C(C)COc1ccc2c(C)c(CC(=O)N3CCN(c4ccc(F)cc4)CC3)c(=O)oc2c1. The predicted molar refractivity (Wildman–Crippen MR) is 126 cm³/mol. The second kappa shape index (κ2) is 9.48. The van der Waals surface area contributed by atoms with Crippen molar-refractivity contribution in [2.24, 2.45) is 0 Å². The lowest BCUT2D eigenvalue weighted by atomic mass is 10.0. The third kappa shape index (κ3) is 5.08. The van der Waals surface area contributed by atoms with E-state index in [1.54, 1.807) is 23.1 Å². The van der Waals surface area contributed by atoms with Crippen LogP contribution in [0.2, 0.25) is 0 Å². The van der Waals surface area contributed by atoms with Crippen molar-refractivity contribution >= 4 is 22.6 Å². The number of halogens is 1. The molecule has 6 nitrogen and oxygen atoms in total. The number of aryl methyl sites for hydroxylation is 1. The molecule has 0 saturated carbocycles. The molecule has 0 spiro atoms. The van der Waals surface area contributed by atoms with Gasteiger partial charge < -0.3 is 19.0 Å². The highest BCUT2D eigenvalue weighted by Crippen LogP contribution is 2.25. The number of hydrogen-bond acceptors (Lipinski definition) is 5. The number of hydrogen-bond donors (Lipinski definition) is 0. The fraction of sp³-hybridized carbons (Fsp3) is 0.308. The minimum Gasteiger partial charge on any atom is -0.489 e. The molecule has 0 bridgehead atoms. The molecule has 0 atom stereocenters. The van der Waals surface area contributed by atoms with E-state index in [1.807, 2.05) is 26.0 Å². The molecule has 1 aliphatic heterocycles. The topological polar surface area (TPSA) is 63.0 Å². The number of carbonyl (C=O) groups excluding carboxylic acids is 1. The third-order valence-corrected chi connectivity index (χ3v) is 5.90. The van der Waals surface area contributed by atoms with E-state index >= 15 is 0 Å². The van der Waals surface area contributed by atoms with Crippen LogP contribution < -0.4 is 15.3 Å². The van der Waals surface area contributed by atoms with Crippen LogP contribution in [0.4, 0.5) is 10.1 Å². The molecule has 2 aromatic carbocycles. The highest BCUT2D eigenvalue weighted by atomic mass is 19.1. The maximum atomic E-state index is 13.2. The van der Waals surface area contributed by atoms with Gasteiger partial charge in [-0.25, -0.2) is 9.18 Å². The van der Waals surface area contributed by atoms with Crippen LogP contribution in [0.3, 0.4) is 0 Å². The molecule has 1 aromatic heterocycles. The van der Waals surface area contributed by atoms with E-state index in [9.17, 15) is 14.0 Å². The Morgan fingerprint density at radius 2 is 1.82 bits per heavy atom. The standard InChI is InChI=1S/C26H27FN2O4/c1-17(2)16-32-21-8-9-22-18(3)23(26(31)33-24(22)14-21)15-25(30)29-12-10-28(11-13-29)20-6-4-19(27)5-7-20/h4-9,14H,1,10-13,15-16H2,2-3H3. The fourth-order valence-corrected chi connectivity index (χ4v) is 4.00. The average molecular weight is 451 g/mol. The summed E-state index contributed by atoms with van der Waals surface area (Å²) in [5.41, 5.74) is 2.87. The molecule has 2 heterocycles. The zero-order valence-electron chi connectivity index (χ0n) is 18.9. The first-order valence-corrected chi connectivity index (χ1v) is 10.9. The number of carbonyl (C=O) groups is 1. The molecule has 7 heteroatoms. The smallest absolute Gasteiger partial charge is 0.340 e. The summed E-state index contributed by atoms with van der Waals surface area (Å²) in [6.45, 7) is 10.3. The van der Waals surface area contributed by atoms with Gasteiger partial charge in [0.25, 0.3) is 0 Å². The van der Waals surface area contributed by atoms with Crippen LogP contribution in [0.15, 0.2) is 63.8 Å². The zero-order valence-corrected chi connectivity index (χ0v) is 18.9. The van der Waals surface area contributed by atoms with E-state index < -0.39 is 5.63 Å². The highest BCUT2D eigenvalue weighted by Gasteiger charge is 2.24. The van der Waals surface area contributed by atoms with Crippen molar-refractivity contribution in [3.63, 3.8) is 0 Å². The maximum absolute atomic E-state index is 13.2. The van der Waals surface area contributed by atoms with Crippen LogP contribution in [0, 0.1) is 12.7 Å². The minimum atomic E-state index is -0.504. The van der Waals surface area contributed by atoms with Gasteiger partial charge in [0.05, 0.1) is 12.0 Å². The van der Waals surface area contributed by atoms with E-state index in [0.717, 1.165) is 22.2 Å². The summed E-state index contributed by atoms with van der Waals surface area (Å²) in [5, 5.41) is 0.779. The van der Waals surface area contributed by atoms with Gasteiger partial charge in [-0.15, -0.1) is 0 Å². The van der Waals surface area contributed by atoms with Crippen LogP contribution in [0.25, 0.3) is 11.0 Å². The average Bonchev–Trinajstić information content (AvgIpc) is 2.80. The molecule has 1 aliphatic rings. The minimum absolute atomic E-state index is 0.00539. The third-order valence-electron chi connectivity index (χ3n) is 5.90. The van der Waals surface area contributed by atoms with Gasteiger partial charge in [-0.1, -0.05) is 6.58 Å². The number of amides is 1. The summed E-state index contributed by atoms with van der Waals surface area (Å²) in [5.74, 6) is 0.216. The monoisotopic (exact) mass is 450 g/mol. The van der Waals surface area contributed by atoms with Crippen molar-refractivity contribution in [1.82, 2.24) is 4.90 Å². The van der Waals surface area contributed by atoms with E-state index in [2.05, 4.69) is 11.5 Å². The molecular formula is C26H27FN2O4. The Kier molecular flexibility index (Phi) is 6.49. The largest absolute Gasteiger partial charge is 0.489 e. The second-order valence-corrected chi connectivity index (χ2v) is 8.42. The molecule has 1 amide bonds. The zero-order chi connectivity index (χ0) is 23.5. The van der Waals surface area contributed by atoms with Gasteiger partial charge in [-0.05, 0) is 61.4 Å². The van der Waals surface area contributed by atoms with Crippen molar-refractivity contribution < 1.29 is 18.3 Å². The Morgan fingerprint density at radius 1 is 1.12 bits per heavy atom. The van der Waals surface area contributed by atoms with Crippen molar-refractivity contribution in [2.75, 3.05) is 37.7 Å². The number of rotatable bonds is 6. The van der Waals surface area contributed by atoms with Gasteiger partial charge in [0.15, 0.2) is 0 Å². The lowest BCUT2D eigenvalue weighted by molar-refractivity contribution is -0.130. The number of anilines is 1. The van der Waals surface area contributed by atoms with E-state index in [1.165, 1.54) is 12.1 Å². The molecule has 0 radical (unpaired) electrons. The first-order valence-electron chi connectivity index (χ1n) is 10.9. The molecule has 3 aromatic rings. The summed E-state index contributed by atoms with van der Waals surface area (Å²) >= 11 is 0. The molecule has 1 fully saturated rings. The van der Waals surface area contributed by atoms with Gasteiger partial charge >= 0.3 is 5.63 Å². The molecule has 0 N–H and O–H groups in total. The van der Waals surface area contributed by atoms with Gasteiger partial charge in [0.2, 0.25) is 5.91 Å². The molecule has 1 saturated heterocycles. The maximum Gasteiger partial charge on any atom is 0.340 e. The first-order chi connectivity index (χ1) is 15.8. The van der Waals surface area contributed by atoms with Crippen LogP contribution in [-0.4, -0.2) is 43.6 Å². The van der Waals surface area contributed by atoms with Crippen LogP contribution >= 0.6 is 0 Å². The summed E-state index contributed by atoms with van der Waals surface area (Å²) in [6, 6.07) is 11.7. The van der Waals surface area contributed by atoms with Crippen LogP contribution in [0.1, 0.15) is 18.1 Å². The molecule has 0 aliphatic carbocycles. The second-order valence-electron chi connectivity index (χ2n) is 8.42. The summed E-state index contributed by atoms with van der Waals surface area (Å²) in [7, 11) is 0. The summed E-state index contributed by atoms with van der Waals surface area (Å²) in [4.78, 5) is 29.5. The first kappa shape index (κ1) is 22.6. The van der Waals surface area contributed by atoms with E-state index in [-0.39, 0.29) is 18.1 Å². The molecule has 33 heavy (non-hydrogen) atoms. The molecule has 172 valence electrons. The number of fused-ring (bicyclic) bond motifs is 1. The molecule has 0 unspecified atom stereocenters. The van der Waals surface area contributed by atoms with Crippen molar-refractivity contribution in [2.45, 2.75) is 20.3 Å². The Balaban J connectivity index is 1.45. The number of piperazine rings is 1. The van der Waals surface area contributed by atoms with Gasteiger partial charge in [-0.2, -0.15) is 0 Å². The Morgan fingerprint density at radius 3 is 2.48 bits per heavy atom. The van der Waals surface area contributed by atoms with Gasteiger partial charge in [-0.3, -0.25) is 4.79 Å². The van der Waals surface area contributed by atoms with E-state index in [0.29, 0.717) is 49.7 Å². The Bertz CT molecular complexity index is 1240. The van der Waals surface area contributed by atoms with Crippen LogP contribution in [-0.2, 0) is 11.2 Å². The lowest BCUT2D eigenvalue weighted by Crippen LogP contribution is -2.49. The lowest BCUT2D eigenvalue weighted by Gasteiger charge is -2.36. The quantitative estimate of drug-likeness (QED) is 0.418. The molecule has 4 rings (SSSR count). The fourth-order valence-electron chi connectivity index (χ4n) is 4.00. The highest BCUT2D eigenvalue weighted by molar-refractivity contribution is 5.85. The predicted octanol–water partition coefficient (Wildman–Crippen LogP) is 4.09.